The maximum Gasteiger partial charge on any atom is 0.263 e. The fraction of sp³-hybridized carbons (Fsp3) is 0.182. The maximum absolute atomic E-state index is 13.1. The molecule has 2 N–H and O–H groups in total. The van der Waals surface area contributed by atoms with E-state index in [-0.39, 0.29) is 10.7 Å². The number of H-pyrrole nitrogens is 1. The highest BCUT2D eigenvalue weighted by atomic mass is 32.2. The number of benzene rings is 1. The third kappa shape index (κ3) is 2.51. The van der Waals surface area contributed by atoms with Gasteiger partial charge < -0.3 is 0 Å². The van der Waals surface area contributed by atoms with Gasteiger partial charge in [0.1, 0.15) is 5.82 Å². The molecule has 0 aliphatic rings. The van der Waals surface area contributed by atoms with Gasteiger partial charge in [-0.1, -0.05) is 6.07 Å². The van der Waals surface area contributed by atoms with E-state index in [1.807, 2.05) is 0 Å². The van der Waals surface area contributed by atoms with Crippen LogP contribution < -0.4 is 4.72 Å². The number of nitrogens with one attached hydrogen (secondary N) is 2. The van der Waals surface area contributed by atoms with E-state index in [9.17, 15) is 12.8 Å². The summed E-state index contributed by atoms with van der Waals surface area (Å²) in [6.07, 6.45) is 0. The number of aromatic amines is 1. The van der Waals surface area contributed by atoms with Crippen LogP contribution in [0, 0.1) is 19.7 Å². The Labute approximate surface area is 104 Å². The van der Waals surface area contributed by atoms with Gasteiger partial charge in [-0.2, -0.15) is 5.10 Å². The number of aromatic nitrogens is 2. The molecule has 0 fully saturated rings. The molecule has 0 saturated carbocycles. The number of halogens is 1. The van der Waals surface area contributed by atoms with Crippen LogP contribution in [-0.2, 0) is 10.0 Å². The second-order valence-electron chi connectivity index (χ2n) is 3.95. The zero-order valence-electron chi connectivity index (χ0n) is 9.86. The minimum absolute atomic E-state index is 0.0943. The van der Waals surface area contributed by atoms with E-state index >= 15 is 0 Å². The standard InChI is InChI=1S/C11H12FN3O2S/c1-7-3-4-9(12)6-10(7)18(16,17)15-11-5-8(2)13-14-11/h3-6H,1-2H3,(H2,13,14,15). The smallest absolute Gasteiger partial charge is 0.263 e. The number of aryl methyl sites for hydroxylation is 2. The maximum atomic E-state index is 13.1. The Hall–Kier alpha value is -1.89. The minimum Gasteiger partial charge on any atom is -0.281 e. The topological polar surface area (TPSA) is 74.8 Å². The molecule has 0 amide bonds. The molecule has 0 radical (unpaired) electrons. The Morgan fingerprint density at radius 1 is 1.28 bits per heavy atom. The molecule has 0 aliphatic heterocycles. The van der Waals surface area contributed by atoms with Gasteiger partial charge >= 0.3 is 0 Å². The first kappa shape index (κ1) is 12.6. The van der Waals surface area contributed by atoms with E-state index in [1.165, 1.54) is 12.1 Å². The molecule has 0 unspecified atom stereocenters. The van der Waals surface area contributed by atoms with E-state index < -0.39 is 15.8 Å². The van der Waals surface area contributed by atoms with Crippen molar-refractivity contribution >= 4 is 15.8 Å². The lowest BCUT2D eigenvalue weighted by Gasteiger charge is -2.08. The van der Waals surface area contributed by atoms with Crippen LogP contribution in [0.25, 0.3) is 0 Å². The number of sulfonamides is 1. The zero-order chi connectivity index (χ0) is 13.3. The average molecular weight is 269 g/mol. The molecule has 5 nitrogen and oxygen atoms in total. The third-order valence-electron chi connectivity index (χ3n) is 2.38. The van der Waals surface area contributed by atoms with Crippen LogP contribution in [0.2, 0.25) is 0 Å². The molecule has 0 aliphatic carbocycles. The predicted molar refractivity (Wildman–Crippen MR) is 65.3 cm³/mol. The highest BCUT2D eigenvalue weighted by molar-refractivity contribution is 7.92. The van der Waals surface area contributed by atoms with Gasteiger partial charge in [-0.3, -0.25) is 9.82 Å². The van der Waals surface area contributed by atoms with Crippen molar-refractivity contribution in [2.24, 2.45) is 0 Å². The van der Waals surface area contributed by atoms with Gasteiger partial charge in [0.15, 0.2) is 5.82 Å². The number of hydrogen-bond donors (Lipinski definition) is 2. The molecule has 0 saturated heterocycles. The van der Waals surface area contributed by atoms with Crippen molar-refractivity contribution in [3.05, 3.63) is 41.3 Å². The zero-order valence-corrected chi connectivity index (χ0v) is 10.7. The first-order chi connectivity index (χ1) is 8.38. The Balaban J connectivity index is 2.39. The molecule has 1 heterocycles. The molecule has 2 rings (SSSR count). The Morgan fingerprint density at radius 2 is 2.00 bits per heavy atom. The first-order valence-electron chi connectivity index (χ1n) is 5.19. The van der Waals surface area contributed by atoms with Gasteiger partial charge in [0, 0.05) is 11.8 Å². The summed E-state index contributed by atoms with van der Waals surface area (Å²) < 4.78 is 39.5. The van der Waals surface area contributed by atoms with E-state index in [0.717, 1.165) is 11.8 Å². The van der Waals surface area contributed by atoms with Crippen molar-refractivity contribution < 1.29 is 12.8 Å². The molecule has 7 heteroatoms. The van der Waals surface area contributed by atoms with Gasteiger partial charge in [-0.15, -0.1) is 0 Å². The van der Waals surface area contributed by atoms with Gasteiger partial charge in [0.25, 0.3) is 10.0 Å². The number of hydrogen-bond acceptors (Lipinski definition) is 3. The quantitative estimate of drug-likeness (QED) is 0.894. The highest BCUT2D eigenvalue weighted by Crippen LogP contribution is 2.19. The molecule has 1 aromatic carbocycles. The van der Waals surface area contributed by atoms with Crippen LogP contribution in [0.5, 0.6) is 0 Å². The molecule has 96 valence electrons. The van der Waals surface area contributed by atoms with Crippen molar-refractivity contribution in [1.29, 1.82) is 0 Å². The molecule has 18 heavy (non-hydrogen) atoms. The van der Waals surface area contributed by atoms with Crippen LogP contribution in [-0.4, -0.2) is 18.6 Å². The van der Waals surface area contributed by atoms with Gasteiger partial charge in [0.05, 0.1) is 4.90 Å². The van der Waals surface area contributed by atoms with E-state index in [0.29, 0.717) is 5.56 Å². The largest absolute Gasteiger partial charge is 0.281 e. The molecule has 2 aromatic rings. The Morgan fingerprint density at radius 3 is 2.61 bits per heavy atom. The van der Waals surface area contributed by atoms with Gasteiger partial charge in [0.2, 0.25) is 0 Å². The second kappa shape index (κ2) is 4.41. The van der Waals surface area contributed by atoms with Crippen LogP contribution in [0.4, 0.5) is 10.2 Å². The normalized spacial score (nSPS) is 11.5. The predicted octanol–water partition coefficient (Wildman–Crippen LogP) is 1.97. The minimum atomic E-state index is -3.83. The molecule has 0 atom stereocenters. The lowest BCUT2D eigenvalue weighted by molar-refractivity contribution is 0.594. The molecule has 0 spiro atoms. The summed E-state index contributed by atoms with van der Waals surface area (Å²) in [5.74, 6) is -0.421. The highest BCUT2D eigenvalue weighted by Gasteiger charge is 2.18. The van der Waals surface area contributed by atoms with E-state index in [4.69, 9.17) is 0 Å². The molecular formula is C11H12FN3O2S. The van der Waals surface area contributed by atoms with Crippen molar-refractivity contribution in [2.75, 3.05) is 4.72 Å². The summed E-state index contributed by atoms with van der Waals surface area (Å²) in [4.78, 5) is -0.0943. The molecular weight excluding hydrogens is 257 g/mol. The van der Waals surface area contributed by atoms with Crippen LogP contribution in [0.15, 0.2) is 29.2 Å². The van der Waals surface area contributed by atoms with Gasteiger partial charge in [-0.25, -0.2) is 12.8 Å². The first-order valence-corrected chi connectivity index (χ1v) is 6.68. The van der Waals surface area contributed by atoms with Crippen molar-refractivity contribution in [3.8, 4) is 0 Å². The SMILES string of the molecule is Cc1cc(NS(=O)(=O)c2cc(F)ccc2C)n[nH]1. The fourth-order valence-electron chi connectivity index (χ4n) is 1.53. The van der Waals surface area contributed by atoms with Crippen molar-refractivity contribution in [2.45, 2.75) is 18.7 Å². The summed E-state index contributed by atoms with van der Waals surface area (Å²) in [5, 5.41) is 6.39. The van der Waals surface area contributed by atoms with E-state index in [2.05, 4.69) is 14.9 Å². The molecule has 0 bridgehead atoms. The second-order valence-corrected chi connectivity index (χ2v) is 5.60. The number of rotatable bonds is 3. The summed E-state index contributed by atoms with van der Waals surface area (Å²) in [6, 6.07) is 5.16. The van der Waals surface area contributed by atoms with E-state index in [1.54, 1.807) is 19.9 Å². The summed E-state index contributed by atoms with van der Waals surface area (Å²) in [6.45, 7) is 3.35. The fourth-order valence-corrected chi connectivity index (χ4v) is 2.78. The summed E-state index contributed by atoms with van der Waals surface area (Å²) in [5.41, 5.74) is 1.19. The summed E-state index contributed by atoms with van der Waals surface area (Å²) >= 11 is 0. The Bertz CT molecular complexity index is 679. The average Bonchev–Trinajstić information content (AvgIpc) is 2.66. The van der Waals surface area contributed by atoms with Crippen LogP contribution in [0.3, 0.4) is 0 Å². The lowest BCUT2D eigenvalue weighted by Crippen LogP contribution is -2.14. The monoisotopic (exact) mass is 269 g/mol. The number of anilines is 1. The molecule has 1 aromatic heterocycles. The number of nitrogens with zero attached hydrogens (tertiary/aromatic N) is 1. The van der Waals surface area contributed by atoms with Gasteiger partial charge in [-0.05, 0) is 31.5 Å². The van der Waals surface area contributed by atoms with Crippen LogP contribution in [0.1, 0.15) is 11.3 Å². The Kier molecular flexibility index (Phi) is 3.08. The third-order valence-corrected chi connectivity index (χ3v) is 3.88. The van der Waals surface area contributed by atoms with Crippen LogP contribution >= 0.6 is 0 Å². The van der Waals surface area contributed by atoms with Crippen molar-refractivity contribution in [3.63, 3.8) is 0 Å². The lowest BCUT2D eigenvalue weighted by atomic mass is 10.2. The summed E-state index contributed by atoms with van der Waals surface area (Å²) in [7, 11) is -3.83. The van der Waals surface area contributed by atoms with Crippen molar-refractivity contribution in [1.82, 2.24) is 10.2 Å².